The van der Waals surface area contributed by atoms with Crippen LogP contribution in [0.4, 0.5) is 0 Å². The number of carboxylic acid groups (broad SMARTS) is 1. The Kier molecular flexibility index (Phi) is 4.26. The van der Waals surface area contributed by atoms with E-state index in [0.717, 1.165) is 0 Å². The molecule has 0 aliphatic heterocycles. The van der Waals surface area contributed by atoms with Crippen molar-refractivity contribution >= 4 is 28.7 Å². The van der Waals surface area contributed by atoms with Crippen molar-refractivity contribution in [3.63, 3.8) is 0 Å². The van der Waals surface area contributed by atoms with Crippen LogP contribution in [0.15, 0.2) is 39.8 Å². The highest BCUT2D eigenvalue weighted by Crippen LogP contribution is 2.23. The lowest BCUT2D eigenvalue weighted by Crippen LogP contribution is -2.24. The van der Waals surface area contributed by atoms with Crippen LogP contribution in [-0.4, -0.2) is 27.2 Å². The Bertz CT molecular complexity index is 976. The zero-order chi connectivity index (χ0) is 17.3. The molecule has 1 N–H and O–H groups in total. The summed E-state index contributed by atoms with van der Waals surface area (Å²) in [5.41, 5.74) is -0.640. The molecule has 0 fully saturated rings. The maximum atomic E-state index is 12.5. The molecule has 0 bridgehead atoms. The molecular formula is C16H13ClN2O5. The number of furan rings is 1. The van der Waals surface area contributed by atoms with E-state index in [1.165, 1.54) is 17.8 Å². The van der Waals surface area contributed by atoms with Crippen LogP contribution in [-0.2, 0) is 6.54 Å². The number of hydrogen-bond donors (Lipinski definition) is 1. The Labute approximate surface area is 141 Å². The van der Waals surface area contributed by atoms with Gasteiger partial charge in [0.05, 0.1) is 11.6 Å². The molecule has 0 aliphatic carbocycles. The Morgan fingerprint density at radius 3 is 2.88 bits per heavy atom. The van der Waals surface area contributed by atoms with Crippen molar-refractivity contribution in [3.05, 3.63) is 57.3 Å². The van der Waals surface area contributed by atoms with Gasteiger partial charge in [-0.25, -0.2) is 9.78 Å². The Balaban J connectivity index is 1.87. The summed E-state index contributed by atoms with van der Waals surface area (Å²) in [7, 11) is 0. The highest BCUT2D eigenvalue weighted by atomic mass is 35.5. The molecule has 0 saturated heterocycles. The summed E-state index contributed by atoms with van der Waals surface area (Å²) >= 11 is 5.99. The molecule has 3 aromatic rings. The number of nitrogens with zero attached hydrogens (tertiary/aromatic N) is 2. The van der Waals surface area contributed by atoms with Crippen LogP contribution in [0.2, 0.25) is 5.02 Å². The van der Waals surface area contributed by atoms with Gasteiger partial charge in [-0.05, 0) is 19.1 Å². The minimum absolute atomic E-state index is 0.0122. The summed E-state index contributed by atoms with van der Waals surface area (Å²) in [6.45, 7) is 1.85. The lowest BCUT2D eigenvalue weighted by molar-refractivity contribution is 0.0697. The molecule has 7 nitrogen and oxygen atoms in total. The molecule has 0 spiro atoms. The number of hydrogen-bond acceptors (Lipinski definition) is 5. The fraction of sp³-hybridized carbons (Fsp3) is 0.188. The van der Waals surface area contributed by atoms with Crippen LogP contribution in [0.3, 0.4) is 0 Å². The summed E-state index contributed by atoms with van der Waals surface area (Å²) in [4.78, 5) is 27.8. The van der Waals surface area contributed by atoms with E-state index in [1.807, 2.05) is 0 Å². The Hall–Kier alpha value is -2.80. The van der Waals surface area contributed by atoms with Crippen molar-refractivity contribution in [3.8, 4) is 5.75 Å². The average Bonchev–Trinajstić information content (AvgIpc) is 2.88. The number of aryl methyl sites for hydroxylation is 1. The van der Waals surface area contributed by atoms with E-state index in [-0.39, 0.29) is 35.6 Å². The van der Waals surface area contributed by atoms with Crippen molar-refractivity contribution in [1.82, 2.24) is 9.55 Å². The summed E-state index contributed by atoms with van der Waals surface area (Å²) in [6.07, 6.45) is 1.30. The van der Waals surface area contributed by atoms with Gasteiger partial charge >= 0.3 is 5.97 Å². The maximum Gasteiger partial charge on any atom is 0.340 e. The third-order valence-corrected chi connectivity index (χ3v) is 3.81. The fourth-order valence-corrected chi connectivity index (χ4v) is 2.56. The first-order chi connectivity index (χ1) is 11.5. The van der Waals surface area contributed by atoms with Gasteiger partial charge in [-0.2, -0.15) is 0 Å². The molecule has 0 saturated carbocycles. The quantitative estimate of drug-likeness (QED) is 0.761. The molecule has 2 heterocycles. The minimum Gasteiger partial charge on any atom is -0.490 e. The van der Waals surface area contributed by atoms with Crippen LogP contribution < -0.4 is 10.3 Å². The normalized spacial score (nSPS) is 10.9. The monoisotopic (exact) mass is 348 g/mol. The molecule has 0 unspecified atom stereocenters. The van der Waals surface area contributed by atoms with Gasteiger partial charge in [0.2, 0.25) is 5.71 Å². The van der Waals surface area contributed by atoms with E-state index < -0.39 is 11.5 Å². The highest BCUT2D eigenvalue weighted by Gasteiger charge is 2.22. The molecule has 2 aromatic heterocycles. The van der Waals surface area contributed by atoms with Crippen molar-refractivity contribution in [1.29, 1.82) is 0 Å². The second-order valence-corrected chi connectivity index (χ2v) is 5.45. The predicted octanol–water partition coefficient (Wildman–Crippen LogP) is 2.73. The van der Waals surface area contributed by atoms with E-state index in [9.17, 15) is 14.7 Å². The fourth-order valence-electron chi connectivity index (χ4n) is 2.37. The molecule has 8 heteroatoms. The number of fused-ring (bicyclic) bond motifs is 1. The third kappa shape index (κ3) is 2.85. The second kappa shape index (κ2) is 6.37. The van der Waals surface area contributed by atoms with Crippen LogP contribution in [0.5, 0.6) is 5.75 Å². The molecule has 0 radical (unpaired) electrons. The highest BCUT2D eigenvalue weighted by molar-refractivity contribution is 6.32. The molecule has 1 aromatic carbocycles. The van der Waals surface area contributed by atoms with Gasteiger partial charge in [-0.15, -0.1) is 0 Å². The van der Waals surface area contributed by atoms with Gasteiger partial charge in [-0.3, -0.25) is 9.36 Å². The minimum atomic E-state index is -1.23. The summed E-state index contributed by atoms with van der Waals surface area (Å²) < 4.78 is 12.0. The topological polar surface area (TPSA) is 94.6 Å². The van der Waals surface area contributed by atoms with E-state index in [1.54, 1.807) is 24.3 Å². The van der Waals surface area contributed by atoms with Crippen LogP contribution >= 0.6 is 11.6 Å². The summed E-state index contributed by atoms with van der Waals surface area (Å²) in [6, 6.07) is 6.99. The number of benzene rings is 1. The zero-order valence-electron chi connectivity index (χ0n) is 12.7. The van der Waals surface area contributed by atoms with Crippen molar-refractivity contribution in [2.24, 2.45) is 0 Å². The van der Waals surface area contributed by atoms with Crippen molar-refractivity contribution in [2.75, 3.05) is 6.61 Å². The molecule has 0 atom stereocenters. The Morgan fingerprint density at radius 2 is 2.17 bits per heavy atom. The van der Waals surface area contributed by atoms with Crippen LogP contribution in [0, 0.1) is 6.92 Å². The first-order valence-electron chi connectivity index (χ1n) is 7.08. The van der Waals surface area contributed by atoms with Gasteiger partial charge in [-0.1, -0.05) is 23.7 Å². The molecule has 124 valence electrons. The van der Waals surface area contributed by atoms with Gasteiger partial charge in [0.1, 0.15) is 35.4 Å². The first-order valence-corrected chi connectivity index (χ1v) is 7.46. The predicted molar refractivity (Wildman–Crippen MR) is 86.9 cm³/mol. The standard InChI is InChI=1S/C16H13ClN2O5/c1-9-12(16(21)22)13-14(24-9)18-8-19(15(13)20)6-7-23-11-5-3-2-4-10(11)17/h2-5,8H,6-7H2,1H3,(H,21,22). The number of halogens is 1. The van der Waals surface area contributed by atoms with Gasteiger partial charge < -0.3 is 14.3 Å². The molecule has 0 amide bonds. The van der Waals surface area contributed by atoms with Gasteiger partial charge in [0.15, 0.2) is 0 Å². The van der Waals surface area contributed by atoms with Crippen molar-refractivity contribution < 1.29 is 19.1 Å². The van der Waals surface area contributed by atoms with E-state index >= 15 is 0 Å². The first kappa shape index (κ1) is 16.1. The third-order valence-electron chi connectivity index (χ3n) is 3.50. The second-order valence-electron chi connectivity index (χ2n) is 5.04. The smallest absolute Gasteiger partial charge is 0.340 e. The van der Waals surface area contributed by atoms with E-state index in [0.29, 0.717) is 10.8 Å². The Morgan fingerprint density at radius 1 is 1.42 bits per heavy atom. The lowest BCUT2D eigenvalue weighted by Gasteiger charge is -2.09. The maximum absolute atomic E-state index is 12.5. The van der Waals surface area contributed by atoms with Crippen LogP contribution in [0.25, 0.3) is 11.1 Å². The zero-order valence-corrected chi connectivity index (χ0v) is 13.4. The van der Waals surface area contributed by atoms with Crippen molar-refractivity contribution in [2.45, 2.75) is 13.5 Å². The number of rotatable bonds is 5. The van der Waals surface area contributed by atoms with E-state index in [4.69, 9.17) is 20.8 Å². The molecule has 3 rings (SSSR count). The summed E-state index contributed by atoms with van der Waals surface area (Å²) in [5.74, 6) is -0.575. The lowest BCUT2D eigenvalue weighted by atomic mass is 10.2. The SMILES string of the molecule is Cc1oc2ncn(CCOc3ccccc3Cl)c(=O)c2c1C(=O)O. The number of ether oxygens (including phenoxy) is 1. The number of carbonyl (C=O) groups is 1. The largest absolute Gasteiger partial charge is 0.490 e. The van der Waals surface area contributed by atoms with Gasteiger partial charge in [0.25, 0.3) is 5.56 Å². The van der Waals surface area contributed by atoms with E-state index in [2.05, 4.69) is 4.98 Å². The number of aromatic carboxylic acids is 1. The number of carboxylic acids is 1. The summed E-state index contributed by atoms with van der Waals surface area (Å²) in [5, 5.41) is 9.68. The molecule has 0 aliphatic rings. The molecule has 24 heavy (non-hydrogen) atoms. The number of para-hydroxylation sites is 1. The van der Waals surface area contributed by atoms with Gasteiger partial charge in [0, 0.05) is 0 Å². The average molecular weight is 349 g/mol. The van der Waals surface area contributed by atoms with Crippen LogP contribution in [0.1, 0.15) is 16.1 Å². The number of aromatic nitrogens is 2. The molecular weight excluding hydrogens is 336 g/mol.